The molecule has 0 saturated carbocycles. The summed E-state index contributed by atoms with van der Waals surface area (Å²) < 4.78 is 13.2. The Kier molecular flexibility index (Phi) is 3.67. The van der Waals surface area contributed by atoms with E-state index in [0.29, 0.717) is 0 Å². The van der Waals surface area contributed by atoms with E-state index in [9.17, 15) is 9.18 Å². The summed E-state index contributed by atoms with van der Waals surface area (Å²) in [6.45, 7) is 0. The number of hydrogen-bond donors (Lipinski definition) is 1. The second-order valence-corrected chi connectivity index (χ2v) is 4.30. The largest absolute Gasteiger partial charge is 0.320 e. The summed E-state index contributed by atoms with van der Waals surface area (Å²) in [6.07, 6.45) is 3.08. The Bertz CT molecular complexity index is 534. The standard InChI is InChI=1S/C13H10FNOS/c14-11-5-1-2-6-12(11)15-13(16)8-7-10-4-3-9-17-10/h1-9H,(H,15,16)/b8-7-. The van der Waals surface area contributed by atoms with Crippen LogP contribution in [-0.2, 0) is 4.79 Å². The lowest BCUT2D eigenvalue weighted by Gasteiger charge is -2.02. The molecule has 86 valence electrons. The highest BCUT2D eigenvalue weighted by Crippen LogP contribution is 2.13. The Balaban J connectivity index is 2.01. The van der Waals surface area contributed by atoms with Gasteiger partial charge in [0.2, 0.25) is 5.91 Å². The number of nitrogens with one attached hydrogen (secondary N) is 1. The smallest absolute Gasteiger partial charge is 0.248 e. The van der Waals surface area contributed by atoms with Crippen molar-refractivity contribution in [3.63, 3.8) is 0 Å². The van der Waals surface area contributed by atoms with Gasteiger partial charge >= 0.3 is 0 Å². The number of benzene rings is 1. The molecular formula is C13H10FNOS. The van der Waals surface area contributed by atoms with E-state index in [1.165, 1.54) is 29.5 Å². The van der Waals surface area contributed by atoms with Crippen molar-refractivity contribution >= 4 is 29.0 Å². The lowest BCUT2D eigenvalue weighted by molar-refractivity contribution is -0.111. The van der Waals surface area contributed by atoms with Crippen LogP contribution in [0.5, 0.6) is 0 Å². The average molecular weight is 247 g/mol. The fourth-order valence-electron chi connectivity index (χ4n) is 1.28. The van der Waals surface area contributed by atoms with Crippen molar-refractivity contribution in [2.24, 2.45) is 0 Å². The van der Waals surface area contributed by atoms with Gasteiger partial charge in [0.25, 0.3) is 0 Å². The van der Waals surface area contributed by atoms with Crippen molar-refractivity contribution in [3.8, 4) is 0 Å². The van der Waals surface area contributed by atoms with Crippen LogP contribution in [0.4, 0.5) is 10.1 Å². The van der Waals surface area contributed by atoms with Gasteiger partial charge in [0.05, 0.1) is 5.69 Å². The summed E-state index contributed by atoms with van der Waals surface area (Å²) in [5, 5.41) is 4.40. The van der Waals surface area contributed by atoms with Gasteiger partial charge in [-0.2, -0.15) is 0 Å². The molecule has 2 nitrogen and oxygen atoms in total. The molecule has 0 radical (unpaired) electrons. The molecule has 2 aromatic rings. The van der Waals surface area contributed by atoms with Crippen LogP contribution in [0.15, 0.2) is 47.9 Å². The molecule has 17 heavy (non-hydrogen) atoms. The van der Waals surface area contributed by atoms with Crippen molar-refractivity contribution in [2.75, 3.05) is 5.32 Å². The van der Waals surface area contributed by atoms with Gasteiger partial charge in [0, 0.05) is 11.0 Å². The maximum atomic E-state index is 13.2. The first-order chi connectivity index (χ1) is 8.25. The number of amides is 1. The summed E-state index contributed by atoms with van der Waals surface area (Å²) in [6, 6.07) is 9.87. The van der Waals surface area contributed by atoms with Crippen LogP contribution in [0.3, 0.4) is 0 Å². The molecule has 4 heteroatoms. The molecule has 1 aromatic heterocycles. The van der Waals surface area contributed by atoms with E-state index in [1.807, 2.05) is 17.5 Å². The van der Waals surface area contributed by atoms with Gasteiger partial charge in [-0.05, 0) is 29.7 Å². The van der Waals surface area contributed by atoms with Gasteiger partial charge in [-0.3, -0.25) is 4.79 Å². The Morgan fingerprint density at radius 3 is 2.76 bits per heavy atom. The molecule has 1 amide bonds. The van der Waals surface area contributed by atoms with Crippen LogP contribution < -0.4 is 5.32 Å². The molecule has 1 aromatic carbocycles. The van der Waals surface area contributed by atoms with E-state index in [1.54, 1.807) is 18.2 Å². The predicted octanol–water partition coefficient (Wildman–Crippen LogP) is 3.54. The maximum absolute atomic E-state index is 13.2. The number of halogens is 1. The SMILES string of the molecule is O=C(/C=C\c1cccs1)Nc1ccccc1F. The Morgan fingerprint density at radius 1 is 1.24 bits per heavy atom. The van der Waals surface area contributed by atoms with Crippen molar-refractivity contribution in [2.45, 2.75) is 0 Å². The number of hydrogen-bond acceptors (Lipinski definition) is 2. The minimum absolute atomic E-state index is 0.188. The van der Waals surface area contributed by atoms with Gasteiger partial charge < -0.3 is 5.32 Å². The molecule has 0 saturated heterocycles. The molecule has 0 aliphatic rings. The number of rotatable bonds is 3. The topological polar surface area (TPSA) is 29.1 Å². The van der Waals surface area contributed by atoms with E-state index < -0.39 is 5.82 Å². The quantitative estimate of drug-likeness (QED) is 0.826. The molecule has 0 fully saturated rings. The Hall–Kier alpha value is -1.94. The van der Waals surface area contributed by atoms with Gasteiger partial charge in [-0.1, -0.05) is 18.2 Å². The number of anilines is 1. The van der Waals surface area contributed by atoms with Crippen molar-refractivity contribution in [1.29, 1.82) is 0 Å². The fourth-order valence-corrected chi connectivity index (χ4v) is 1.90. The zero-order chi connectivity index (χ0) is 12.1. The highest BCUT2D eigenvalue weighted by Gasteiger charge is 2.02. The van der Waals surface area contributed by atoms with E-state index in [4.69, 9.17) is 0 Å². The van der Waals surface area contributed by atoms with Gasteiger partial charge in [0.1, 0.15) is 5.82 Å². The third kappa shape index (κ3) is 3.26. The second kappa shape index (κ2) is 5.41. The summed E-state index contributed by atoms with van der Waals surface area (Å²) in [4.78, 5) is 12.5. The van der Waals surface area contributed by atoms with Gasteiger partial charge in [-0.25, -0.2) is 4.39 Å². The lowest BCUT2D eigenvalue weighted by Crippen LogP contribution is -2.08. The van der Waals surface area contributed by atoms with Crippen LogP contribution >= 0.6 is 11.3 Å². The fraction of sp³-hybridized carbons (Fsp3) is 0. The highest BCUT2D eigenvalue weighted by molar-refractivity contribution is 7.10. The summed E-state index contributed by atoms with van der Waals surface area (Å²) in [7, 11) is 0. The molecule has 0 aliphatic heterocycles. The van der Waals surface area contributed by atoms with Crippen molar-refractivity contribution in [1.82, 2.24) is 0 Å². The predicted molar refractivity (Wildman–Crippen MR) is 68.4 cm³/mol. The molecule has 0 atom stereocenters. The first kappa shape index (κ1) is 11.5. The van der Waals surface area contributed by atoms with Crippen LogP contribution in [0.2, 0.25) is 0 Å². The minimum atomic E-state index is -0.439. The Morgan fingerprint density at radius 2 is 2.06 bits per heavy atom. The summed E-state index contributed by atoms with van der Waals surface area (Å²) in [5.41, 5.74) is 0.188. The zero-order valence-corrected chi connectivity index (χ0v) is 9.71. The molecule has 1 heterocycles. The van der Waals surface area contributed by atoms with E-state index >= 15 is 0 Å². The van der Waals surface area contributed by atoms with Crippen molar-refractivity contribution in [3.05, 3.63) is 58.5 Å². The highest BCUT2D eigenvalue weighted by atomic mass is 32.1. The van der Waals surface area contributed by atoms with Crippen LogP contribution in [0.25, 0.3) is 6.08 Å². The third-order valence-corrected chi connectivity index (χ3v) is 2.91. The molecule has 1 N–H and O–H groups in total. The average Bonchev–Trinajstić information content (AvgIpc) is 2.82. The summed E-state index contributed by atoms with van der Waals surface area (Å²) in [5.74, 6) is -0.783. The lowest BCUT2D eigenvalue weighted by atomic mass is 10.3. The minimum Gasteiger partial charge on any atom is -0.320 e. The van der Waals surface area contributed by atoms with Crippen molar-refractivity contribution < 1.29 is 9.18 Å². The van der Waals surface area contributed by atoms with Crippen LogP contribution in [0.1, 0.15) is 4.88 Å². The van der Waals surface area contributed by atoms with Gasteiger partial charge in [0.15, 0.2) is 0 Å². The number of carbonyl (C=O) groups excluding carboxylic acids is 1. The second-order valence-electron chi connectivity index (χ2n) is 3.32. The molecule has 0 unspecified atom stereocenters. The summed E-state index contributed by atoms with van der Waals surface area (Å²) >= 11 is 1.53. The number of carbonyl (C=O) groups is 1. The van der Waals surface area contributed by atoms with E-state index in [2.05, 4.69) is 5.32 Å². The number of thiophene rings is 1. The monoisotopic (exact) mass is 247 g/mol. The molecular weight excluding hydrogens is 237 g/mol. The first-order valence-corrected chi connectivity index (χ1v) is 5.91. The normalized spacial score (nSPS) is 10.6. The maximum Gasteiger partial charge on any atom is 0.248 e. The molecule has 0 aliphatic carbocycles. The van der Waals surface area contributed by atoms with E-state index in [-0.39, 0.29) is 11.6 Å². The van der Waals surface area contributed by atoms with Gasteiger partial charge in [-0.15, -0.1) is 11.3 Å². The Labute approximate surface area is 102 Å². The molecule has 2 rings (SSSR count). The van der Waals surface area contributed by atoms with Crippen LogP contribution in [-0.4, -0.2) is 5.91 Å². The first-order valence-electron chi connectivity index (χ1n) is 5.03. The third-order valence-electron chi connectivity index (χ3n) is 2.07. The molecule has 0 bridgehead atoms. The van der Waals surface area contributed by atoms with Crippen LogP contribution in [0, 0.1) is 5.82 Å². The number of para-hydroxylation sites is 1. The zero-order valence-electron chi connectivity index (χ0n) is 8.89. The van der Waals surface area contributed by atoms with E-state index in [0.717, 1.165) is 4.88 Å². The molecule has 0 spiro atoms.